The van der Waals surface area contributed by atoms with Crippen LogP contribution >= 0.6 is 0 Å². The number of hydrogen-bond donors (Lipinski definition) is 0. The Bertz CT molecular complexity index is 2980. The normalized spacial score (nSPS) is 17.4. The molecule has 1 nitrogen and oxygen atoms in total. The Morgan fingerprint density at radius 3 is 1.61 bits per heavy atom. The van der Waals surface area contributed by atoms with Crippen molar-refractivity contribution < 1.29 is 0 Å². The van der Waals surface area contributed by atoms with Gasteiger partial charge in [0.05, 0.1) is 5.41 Å². The van der Waals surface area contributed by atoms with E-state index >= 15 is 0 Å². The predicted molar refractivity (Wildman–Crippen MR) is 257 cm³/mol. The van der Waals surface area contributed by atoms with Crippen molar-refractivity contribution in [2.24, 2.45) is 0 Å². The van der Waals surface area contributed by atoms with E-state index in [0.29, 0.717) is 0 Å². The highest BCUT2D eigenvalue weighted by Gasteiger charge is 2.46. The van der Waals surface area contributed by atoms with Gasteiger partial charge in [0.2, 0.25) is 0 Å². The van der Waals surface area contributed by atoms with Crippen LogP contribution in [-0.4, -0.2) is 0 Å². The van der Waals surface area contributed by atoms with Crippen LogP contribution in [0.5, 0.6) is 0 Å². The van der Waals surface area contributed by atoms with Gasteiger partial charge in [-0.2, -0.15) is 0 Å². The van der Waals surface area contributed by atoms with Crippen LogP contribution in [0.15, 0.2) is 236 Å². The summed E-state index contributed by atoms with van der Waals surface area (Å²) in [7, 11) is 0. The van der Waals surface area contributed by atoms with Gasteiger partial charge in [-0.05, 0) is 127 Å². The second kappa shape index (κ2) is 14.8. The molecule has 0 saturated carbocycles. The largest absolute Gasteiger partial charge is 0.310 e. The molecular formula is C60H47N. The van der Waals surface area contributed by atoms with Gasteiger partial charge in [0, 0.05) is 22.5 Å². The fourth-order valence-electron chi connectivity index (χ4n) is 10.5. The maximum Gasteiger partial charge on any atom is 0.0714 e. The molecule has 0 aromatic heterocycles. The van der Waals surface area contributed by atoms with Crippen molar-refractivity contribution in [3.8, 4) is 22.3 Å². The summed E-state index contributed by atoms with van der Waals surface area (Å²) >= 11 is 0. The summed E-state index contributed by atoms with van der Waals surface area (Å²) in [6.07, 6.45) is 21.8. The molecule has 4 aliphatic rings. The zero-order chi connectivity index (χ0) is 41.0. The number of allylic oxidation sites excluding steroid dienone is 12. The molecule has 0 radical (unpaired) electrons. The molecule has 0 fully saturated rings. The first-order chi connectivity index (χ1) is 30.0. The van der Waals surface area contributed by atoms with Crippen molar-refractivity contribution in [3.63, 3.8) is 0 Å². The van der Waals surface area contributed by atoms with Crippen LogP contribution in [0.25, 0.3) is 27.8 Å². The highest BCUT2D eigenvalue weighted by Crippen LogP contribution is 2.58. The number of nitrogens with zero attached hydrogens (tertiary/aromatic N) is 1. The van der Waals surface area contributed by atoms with Crippen molar-refractivity contribution in [3.05, 3.63) is 275 Å². The summed E-state index contributed by atoms with van der Waals surface area (Å²) in [4.78, 5) is 2.48. The summed E-state index contributed by atoms with van der Waals surface area (Å²) in [5.74, 6) is 0. The summed E-state index contributed by atoms with van der Waals surface area (Å²) in [6.45, 7) is 4.74. The average Bonchev–Trinajstić information content (AvgIpc) is 3.75. The highest BCUT2D eigenvalue weighted by atomic mass is 15.1. The van der Waals surface area contributed by atoms with Crippen molar-refractivity contribution >= 4 is 22.6 Å². The van der Waals surface area contributed by atoms with Gasteiger partial charge in [0.25, 0.3) is 0 Å². The molecule has 61 heavy (non-hydrogen) atoms. The van der Waals surface area contributed by atoms with Gasteiger partial charge in [-0.3, -0.25) is 0 Å². The molecule has 0 amide bonds. The Labute approximate surface area is 360 Å². The molecule has 7 aromatic rings. The maximum atomic E-state index is 2.48. The molecule has 0 saturated heterocycles. The Morgan fingerprint density at radius 2 is 0.984 bits per heavy atom. The quantitative estimate of drug-likeness (QED) is 0.156. The fraction of sp³-hybridized carbons (Fsp3) is 0.100. The van der Waals surface area contributed by atoms with Crippen LogP contribution in [0.4, 0.5) is 17.1 Å². The van der Waals surface area contributed by atoms with E-state index in [1.54, 1.807) is 0 Å². The third-order valence-corrected chi connectivity index (χ3v) is 13.4. The van der Waals surface area contributed by atoms with E-state index in [4.69, 9.17) is 0 Å². The Balaban J connectivity index is 1.12. The van der Waals surface area contributed by atoms with Crippen LogP contribution in [-0.2, 0) is 10.8 Å². The average molecular weight is 782 g/mol. The third kappa shape index (κ3) is 5.99. The topological polar surface area (TPSA) is 3.24 Å². The number of hydrogen-bond acceptors (Lipinski definition) is 1. The Kier molecular flexibility index (Phi) is 8.94. The first-order valence-electron chi connectivity index (χ1n) is 21.6. The van der Waals surface area contributed by atoms with Crippen LogP contribution in [0.1, 0.15) is 65.6 Å². The van der Waals surface area contributed by atoms with E-state index in [1.165, 1.54) is 77.9 Å². The van der Waals surface area contributed by atoms with Gasteiger partial charge in [0.15, 0.2) is 0 Å². The number of benzene rings is 7. The predicted octanol–water partition coefficient (Wildman–Crippen LogP) is 15.5. The maximum absolute atomic E-state index is 2.48. The Morgan fingerprint density at radius 1 is 0.459 bits per heavy atom. The zero-order valence-electron chi connectivity index (χ0n) is 34.7. The lowest BCUT2D eigenvalue weighted by atomic mass is 9.67. The molecule has 0 atom stereocenters. The minimum Gasteiger partial charge on any atom is -0.310 e. The van der Waals surface area contributed by atoms with E-state index in [0.717, 1.165) is 29.9 Å². The number of fused-ring (bicyclic) bond motifs is 6. The molecule has 292 valence electrons. The van der Waals surface area contributed by atoms with E-state index in [-0.39, 0.29) is 5.41 Å². The molecule has 11 rings (SSSR count). The standard InChI is InChI=1S/C60H47N/c1-59(2)55-29-17-15-27-50(55)52-37-35-48(40-57(52)59)61(47-33-31-44(32-34-47)54(43-21-9-4-10-22-43)39-42-19-7-3-8-20-42)49-36-38-53-51-28-16-18-30-56(51)60(58(53)41-49,45-23-11-5-12-24-45)46-25-13-6-14-26-46/h3-19,21,23-41H,20,22H2,1-2H3/b42-39-,54-43+. The first kappa shape index (κ1) is 36.8. The van der Waals surface area contributed by atoms with Gasteiger partial charge >= 0.3 is 0 Å². The Hall–Kier alpha value is -7.22. The minimum absolute atomic E-state index is 0.133. The van der Waals surface area contributed by atoms with Crippen molar-refractivity contribution in [1.29, 1.82) is 0 Å². The summed E-state index contributed by atoms with van der Waals surface area (Å²) in [6, 6.07) is 63.8. The van der Waals surface area contributed by atoms with E-state index in [2.05, 4.69) is 243 Å². The summed E-state index contributed by atoms with van der Waals surface area (Å²) in [5.41, 5.74) is 21.0. The van der Waals surface area contributed by atoms with Crippen LogP contribution in [0.2, 0.25) is 0 Å². The monoisotopic (exact) mass is 781 g/mol. The first-order valence-corrected chi connectivity index (χ1v) is 21.6. The third-order valence-electron chi connectivity index (χ3n) is 13.4. The lowest BCUT2D eigenvalue weighted by Gasteiger charge is -2.35. The molecule has 1 heteroatoms. The number of anilines is 3. The highest BCUT2D eigenvalue weighted by molar-refractivity contribution is 5.91. The minimum atomic E-state index is -0.499. The van der Waals surface area contributed by atoms with Gasteiger partial charge in [-0.25, -0.2) is 0 Å². The van der Waals surface area contributed by atoms with E-state index in [1.807, 2.05) is 0 Å². The molecule has 4 aliphatic carbocycles. The molecule has 0 spiro atoms. The second-order valence-corrected chi connectivity index (χ2v) is 17.2. The van der Waals surface area contributed by atoms with E-state index < -0.39 is 5.41 Å². The van der Waals surface area contributed by atoms with Gasteiger partial charge in [-0.1, -0.05) is 202 Å². The van der Waals surface area contributed by atoms with E-state index in [9.17, 15) is 0 Å². The van der Waals surface area contributed by atoms with Gasteiger partial charge < -0.3 is 4.90 Å². The summed E-state index contributed by atoms with van der Waals surface area (Å²) < 4.78 is 0. The number of rotatable bonds is 7. The smallest absolute Gasteiger partial charge is 0.0714 e. The van der Waals surface area contributed by atoms with Crippen LogP contribution < -0.4 is 4.90 Å². The molecule has 0 heterocycles. The molecule has 0 unspecified atom stereocenters. The van der Waals surface area contributed by atoms with Crippen LogP contribution in [0, 0.1) is 0 Å². The van der Waals surface area contributed by atoms with Gasteiger partial charge in [-0.15, -0.1) is 0 Å². The van der Waals surface area contributed by atoms with Crippen molar-refractivity contribution in [1.82, 2.24) is 0 Å². The van der Waals surface area contributed by atoms with Crippen LogP contribution in [0.3, 0.4) is 0 Å². The SMILES string of the molecule is CC1(C)c2ccccc2-c2ccc(N(c3ccc(C(/C=C4/C=CC=CC4)=C4\C=CC=CC4)cc3)c3ccc4c(c3)C(c3ccccc3)(c3ccccc3)c3ccccc3-4)cc21. The van der Waals surface area contributed by atoms with Crippen molar-refractivity contribution in [2.75, 3.05) is 4.90 Å². The van der Waals surface area contributed by atoms with Crippen molar-refractivity contribution in [2.45, 2.75) is 37.5 Å². The summed E-state index contributed by atoms with van der Waals surface area (Å²) in [5, 5.41) is 0. The molecular weight excluding hydrogens is 735 g/mol. The zero-order valence-corrected chi connectivity index (χ0v) is 34.7. The molecule has 0 aliphatic heterocycles. The lowest BCUT2D eigenvalue weighted by molar-refractivity contribution is 0.660. The van der Waals surface area contributed by atoms with Gasteiger partial charge in [0.1, 0.15) is 0 Å². The second-order valence-electron chi connectivity index (χ2n) is 17.2. The molecule has 0 N–H and O–H groups in total. The molecule has 0 bridgehead atoms. The fourth-order valence-corrected chi connectivity index (χ4v) is 10.5. The lowest BCUT2D eigenvalue weighted by Crippen LogP contribution is -2.28. The molecule has 7 aromatic carbocycles.